The molecule has 0 atom stereocenters. The van der Waals surface area contributed by atoms with Crippen LogP contribution in [-0.4, -0.2) is 42.5 Å². The van der Waals surface area contributed by atoms with Crippen LogP contribution < -0.4 is 5.32 Å². The number of nitrogens with one attached hydrogen (secondary N) is 1. The van der Waals surface area contributed by atoms with Gasteiger partial charge in [0.1, 0.15) is 5.82 Å². The van der Waals surface area contributed by atoms with Gasteiger partial charge in [-0.05, 0) is 23.7 Å². The highest BCUT2D eigenvalue weighted by Gasteiger charge is 2.18. The fourth-order valence-electron chi connectivity index (χ4n) is 3.32. The lowest BCUT2D eigenvalue weighted by molar-refractivity contribution is 0.121. The Kier molecular flexibility index (Phi) is 6.56. The second-order valence-corrected chi connectivity index (χ2v) is 6.74. The molecule has 2 aromatic carbocycles. The van der Waals surface area contributed by atoms with Gasteiger partial charge in [-0.25, -0.2) is 4.39 Å². The quantitative estimate of drug-likeness (QED) is 0.834. The van der Waals surface area contributed by atoms with Crippen molar-refractivity contribution in [1.29, 1.82) is 0 Å². The Balaban J connectivity index is 1.52. The van der Waals surface area contributed by atoms with E-state index in [1.54, 1.807) is 6.07 Å². The summed E-state index contributed by atoms with van der Waals surface area (Å²) in [5.41, 5.74) is 3.32. The van der Waals surface area contributed by atoms with Gasteiger partial charge in [0, 0.05) is 51.4 Å². The van der Waals surface area contributed by atoms with Crippen molar-refractivity contribution < 1.29 is 4.39 Å². The van der Waals surface area contributed by atoms with E-state index in [0.717, 1.165) is 56.9 Å². The zero-order valence-corrected chi connectivity index (χ0v) is 15.0. The Morgan fingerprint density at radius 2 is 1.56 bits per heavy atom. The predicted molar refractivity (Wildman–Crippen MR) is 101 cm³/mol. The normalized spacial score (nSPS) is 16.2. The van der Waals surface area contributed by atoms with Crippen LogP contribution in [0.5, 0.6) is 0 Å². The van der Waals surface area contributed by atoms with Crippen molar-refractivity contribution in [3.8, 4) is 0 Å². The molecule has 0 spiro atoms. The van der Waals surface area contributed by atoms with Crippen LogP contribution in [0.15, 0.2) is 48.5 Å². The standard InChI is InChI=1S/C21H28FN3/c1-2-23-15-19-8-9-21(22)20(14-19)17-25-12-10-24(11-13-25)16-18-6-4-3-5-7-18/h3-9,14,23H,2,10-13,15-17H2,1H3. The smallest absolute Gasteiger partial charge is 0.127 e. The molecule has 0 amide bonds. The summed E-state index contributed by atoms with van der Waals surface area (Å²) in [5, 5.41) is 3.30. The molecule has 1 aliphatic rings. The van der Waals surface area contributed by atoms with E-state index < -0.39 is 0 Å². The molecule has 134 valence electrons. The maximum atomic E-state index is 14.2. The van der Waals surface area contributed by atoms with Crippen molar-refractivity contribution in [2.75, 3.05) is 32.7 Å². The first-order valence-electron chi connectivity index (χ1n) is 9.21. The van der Waals surface area contributed by atoms with E-state index >= 15 is 0 Å². The van der Waals surface area contributed by atoms with Crippen molar-refractivity contribution in [3.05, 3.63) is 71.0 Å². The maximum absolute atomic E-state index is 14.2. The Morgan fingerprint density at radius 1 is 0.880 bits per heavy atom. The Hall–Kier alpha value is -1.75. The Labute approximate surface area is 150 Å². The molecule has 3 rings (SSSR count). The molecular formula is C21H28FN3. The number of benzene rings is 2. The van der Waals surface area contributed by atoms with Crippen molar-refractivity contribution in [3.63, 3.8) is 0 Å². The summed E-state index contributed by atoms with van der Waals surface area (Å²) in [6, 6.07) is 16.1. The molecule has 0 saturated carbocycles. The van der Waals surface area contributed by atoms with E-state index in [0.29, 0.717) is 6.54 Å². The second-order valence-electron chi connectivity index (χ2n) is 6.74. The van der Waals surface area contributed by atoms with Gasteiger partial charge in [-0.3, -0.25) is 9.80 Å². The van der Waals surface area contributed by atoms with Crippen molar-refractivity contribution >= 4 is 0 Å². The molecule has 0 bridgehead atoms. The van der Waals surface area contributed by atoms with Crippen LogP contribution in [0.3, 0.4) is 0 Å². The van der Waals surface area contributed by atoms with Crippen LogP contribution in [0.25, 0.3) is 0 Å². The van der Waals surface area contributed by atoms with E-state index in [4.69, 9.17) is 0 Å². The molecule has 1 heterocycles. The van der Waals surface area contributed by atoms with E-state index in [9.17, 15) is 4.39 Å². The van der Waals surface area contributed by atoms with Crippen molar-refractivity contribution in [2.24, 2.45) is 0 Å². The van der Waals surface area contributed by atoms with Crippen LogP contribution in [0, 0.1) is 5.82 Å². The first-order valence-corrected chi connectivity index (χ1v) is 9.21. The fourth-order valence-corrected chi connectivity index (χ4v) is 3.32. The molecule has 1 aliphatic heterocycles. The Bertz CT molecular complexity index is 651. The minimum Gasteiger partial charge on any atom is -0.313 e. The number of rotatable bonds is 7. The average molecular weight is 341 g/mol. The van der Waals surface area contributed by atoms with Gasteiger partial charge in [-0.2, -0.15) is 0 Å². The third-order valence-electron chi connectivity index (χ3n) is 4.80. The molecule has 1 N–H and O–H groups in total. The lowest BCUT2D eigenvalue weighted by atomic mass is 10.1. The number of hydrogen-bond acceptors (Lipinski definition) is 3. The topological polar surface area (TPSA) is 18.5 Å². The van der Waals surface area contributed by atoms with Gasteiger partial charge in [-0.1, -0.05) is 49.4 Å². The molecule has 0 aromatic heterocycles. The zero-order valence-electron chi connectivity index (χ0n) is 15.0. The van der Waals surface area contributed by atoms with Gasteiger partial charge in [0.15, 0.2) is 0 Å². The lowest BCUT2D eigenvalue weighted by Crippen LogP contribution is -2.45. The number of hydrogen-bond donors (Lipinski definition) is 1. The highest BCUT2D eigenvalue weighted by atomic mass is 19.1. The van der Waals surface area contributed by atoms with Crippen LogP contribution >= 0.6 is 0 Å². The van der Waals surface area contributed by atoms with Crippen LogP contribution in [-0.2, 0) is 19.6 Å². The third kappa shape index (κ3) is 5.36. The molecule has 1 saturated heterocycles. The van der Waals surface area contributed by atoms with Crippen LogP contribution in [0.4, 0.5) is 4.39 Å². The summed E-state index contributed by atoms with van der Waals surface area (Å²) >= 11 is 0. The maximum Gasteiger partial charge on any atom is 0.127 e. The highest BCUT2D eigenvalue weighted by Crippen LogP contribution is 2.16. The molecule has 25 heavy (non-hydrogen) atoms. The average Bonchev–Trinajstić information content (AvgIpc) is 2.65. The van der Waals surface area contributed by atoms with Gasteiger partial charge in [-0.15, -0.1) is 0 Å². The van der Waals surface area contributed by atoms with E-state index in [1.165, 1.54) is 5.56 Å². The summed E-state index contributed by atoms with van der Waals surface area (Å²) < 4.78 is 14.2. The number of halogens is 1. The second kappa shape index (κ2) is 9.09. The number of nitrogens with zero attached hydrogens (tertiary/aromatic N) is 2. The molecular weight excluding hydrogens is 313 g/mol. The van der Waals surface area contributed by atoms with E-state index in [-0.39, 0.29) is 5.82 Å². The molecule has 0 unspecified atom stereocenters. The monoisotopic (exact) mass is 341 g/mol. The fraction of sp³-hybridized carbons (Fsp3) is 0.429. The Morgan fingerprint density at radius 3 is 2.24 bits per heavy atom. The summed E-state index contributed by atoms with van der Waals surface area (Å²) in [4.78, 5) is 4.83. The van der Waals surface area contributed by atoms with Gasteiger partial charge >= 0.3 is 0 Å². The molecule has 2 aromatic rings. The summed E-state index contributed by atoms with van der Waals surface area (Å²) in [5.74, 6) is -0.0908. The molecule has 0 radical (unpaired) electrons. The minimum absolute atomic E-state index is 0.0908. The number of piperazine rings is 1. The minimum atomic E-state index is -0.0908. The lowest BCUT2D eigenvalue weighted by Gasteiger charge is -2.34. The van der Waals surface area contributed by atoms with Crippen molar-refractivity contribution in [2.45, 2.75) is 26.6 Å². The molecule has 3 nitrogen and oxygen atoms in total. The largest absolute Gasteiger partial charge is 0.313 e. The summed E-state index contributed by atoms with van der Waals surface area (Å²) in [6.07, 6.45) is 0. The SMILES string of the molecule is CCNCc1ccc(F)c(CN2CCN(Cc3ccccc3)CC2)c1. The predicted octanol–water partition coefficient (Wildman–Crippen LogP) is 3.25. The highest BCUT2D eigenvalue weighted by molar-refractivity contribution is 5.25. The third-order valence-corrected chi connectivity index (χ3v) is 4.80. The van der Waals surface area contributed by atoms with E-state index in [1.807, 2.05) is 12.1 Å². The van der Waals surface area contributed by atoms with Gasteiger partial charge in [0.2, 0.25) is 0 Å². The van der Waals surface area contributed by atoms with Crippen molar-refractivity contribution in [1.82, 2.24) is 15.1 Å². The van der Waals surface area contributed by atoms with Gasteiger partial charge in [0.25, 0.3) is 0 Å². The zero-order chi connectivity index (χ0) is 17.5. The molecule has 4 heteroatoms. The first-order chi connectivity index (χ1) is 12.2. The summed E-state index contributed by atoms with van der Waals surface area (Å²) in [7, 11) is 0. The summed E-state index contributed by atoms with van der Waals surface area (Å²) in [6.45, 7) is 9.56. The molecule has 1 fully saturated rings. The van der Waals surface area contributed by atoms with Gasteiger partial charge in [0.05, 0.1) is 0 Å². The van der Waals surface area contributed by atoms with Crippen LogP contribution in [0.1, 0.15) is 23.6 Å². The van der Waals surface area contributed by atoms with Gasteiger partial charge < -0.3 is 5.32 Å². The molecule has 0 aliphatic carbocycles. The van der Waals surface area contributed by atoms with E-state index in [2.05, 4.69) is 52.4 Å². The van der Waals surface area contributed by atoms with Crippen LogP contribution in [0.2, 0.25) is 0 Å². The first kappa shape index (κ1) is 18.1.